The molecule has 1 aromatic rings. The largest absolute Gasteiger partial charge is 0.494 e. The molecule has 1 aromatic carbocycles. The minimum atomic E-state index is 0.126. The van der Waals surface area contributed by atoms with E-state index >= 15 is 0 Å². The summed E-state index contributed by atoms with van der Waals surface area (Å²) in [5, 5.41) is 3.54. The fourth-order valence-electron chi connectivity index (χ4n) is 2.67. The average Bonchev–Trinajstić information content (AvgIpc) is 2.40. The van der Waals surface area contributed by atoms with Crippen molar-refractivity contribution in [2.45, 2.75) is 45.4 Å². The van der Waals surface area contributed by atoms with Gasteiger partial charge in [-0.05, 0) is 51.0 Å². The van der Waals surface area contributed by atoms with Crippen LogP contribution in [0.25, 0.3) is 0 Å². The summed E-state index contributed by atoms with van der Waals surface area (Å²) in [6, 6.07) is 6.44. The smallest absolute Gasteiger partial charge is 0.119 e. The summed E-state index contributed by atoms with van der Waals surface area (Å²) in [5.74, 6) is 0.916. The third-order valence-corrected chi connectivity index (χ3v) is 3.75. The molecule has 112 valence electrons. The molecule has 2 rings (SSSR count). The molecule has 0 spiro atoms. The standard InChI is InChI=1S/C16H25NO3/c1-5-19-12-7-8-13(11(3)9-12)17-14-10-15(20-6-2)16(14)18-4/h7-9,14-17H,5-6,10H2,1-4H3. The molecule has 20 heavy (non-hydrogen) atoms. The van der Waals surface area contributed by atoms with Gasteiger partial charge in [-0.3, -0.25) is 0 Å². The van der Waals surface area contributed by atoms with Crippen LogP contribution in [0.1, 0.15) is 25.8 Å². The van der Waals surface area contributed by atoms with Crippen molar-refractivity contribution in [1.29, 1.82) is 0 Å². The van der Waals surface area contributed by atoms with Gasteiger partial charge in [0.15, 0.2) is 0 Å². The molecule has 0 radical (unpaired) electrons. The SMILES string of the molecule is CCOc1ccc(NC2CC(OCC)C2OC)c(C)c1. The van der Waals surface area contributed by atoms with E-state index in [2.05, 4.69) is 24.4 Å². The summed E-state index contributed by atoms with van der Waals surface area (Å²) in [6.45, 7) is 7.53. The molecule has 4 nitrogen and oxygen atoms in total. The zero-order chi connectivity index (χ0) is 14.5. The van der Waals surface area contributed by atoms with Gasteiger partial charge in [-0.25, -0.2) is 0 Å². The molecule has 1 fully saturated rings. The summed E-state index contributed by atoms with van der Waals surface area (Å²) in [7, 11) is 1.75. The van der Waals surface area contributed by atoms with Gasteiger partial charge in [0, 0.05) is 19.4 Å². The molecule has 4 heteroatoms. The molecule has 1 saturated carbocycles. The fourth-order valence-corrected chi connectivity index (χ4v) is 2.67. The molecule has 1 N–H and O–H groups in total. The summed E-state index contributed by atoms with van der Waals surface area (Å²) >= 11 is 0. The quantitative estimate of drug-likeness (QED) is 0.833. The summed E-state index contributed by atoms with van der Waals surface area (Å²) in [4.78, 5) is 0. The van der Waals surface area contributed by atoms with Gasteiger partial charge in [-0.15, -0.1) is 0 Å². The minimum absolute atomic E-state index is 0.126. The number of hydrogen-bond acceptors (Lipinski definition) is 4. The van der Waals surface area contributed by atoms with Crippen LogP contribution in [0.5, 0.6) is 5.75 Å². The van der Waals surface area contributed by atoms with Crippen LogP contribution >= 0.6 is 0 Å². The predicted octanol–water partition coefficient (Wildman–Crippen LogP) is 3.00. The van der Waals surface area contributed by atoms with Crippen molar-refractivity contribution in [3.63, 3.8) is 0 Å². The number of benzene rings is 1. The summed E-state index contributed by atoms with van der Waals surface area (Å²) in [5.41, 5.74) is 2.32. The first kappa shape index (κ1) is 15.1. The molecule has 1 aliphatic carbocycles. The molecule has 3 atom stereocenters. The third-order valence-electron chi connectivity index (χ3n) is 3.75. The van der Waals surface area contributed by atoms with Crippen molar-refractivity contribution in [2.75, 3.05) is 25.6 Å². The van der Waals surface area contributed by atoms with Crippen LogP contribution in [0.15, 0.2) is 18.2 Å². The Bertz CT molecular complexity index is 436. The monoisotopic (exact) mass is 279 g/mol. The lowest BCUT2D eigenvalue weighted by Crippen LogP contribution is -2.56. The highest BCUT2D eigenvalue weighted by Gasteiger charge is 2.42. The number of methoxy groups -OCH3 is 1. The predicted molar refractivity (Wildman–Crippen MR) is 80.6 cm³/mol. The van der Waals surface area contributed by atoms with Crippen LogP contribution < -0.4 is 10.1 Å². The third kappa shape index (κ3) is 3.25. The Kier molecular flexibility index (Phi) is 5.26. The van der Waals surface area contributed by atoms with E-state index < -0.39 is 0 Å². The number of nitrogens with one attached hydrogen (secondary N) is 1. The zero-order valence-corrected chi connectivity index (χ0v) is 12.8. The first-order valence-electron chi connectivity index (χ1n) is 7.34. The van der Waals surface area contributed by atoms with Gasteiger partial charge in [-0.1, -0.05) is 0 Å². The Morgan fingerprint density at radius 3 is 2.65 bits per heavy atom. The second kappa shape index (κ2) is 6.95. The second-order valence-electron chi connectivity index (χ2n) is 5.09. The normalized spacial score (nSPS) is 25.1. The van der Waals surface area contributed by atoms with E-state index in [1.54, 1.807) is 7.11 Å². The molecule has 0 bridgehead atoms. The average molecular weight is 279 g/mol. The van der Waals surface area contributed by atoms with Crippen LogP contribution in [0.3, 0.4) is 0 Å². The second-order valence-corrected chi connectivity index (χ2v) is 5.09. The highest BCUT2D eigenvalue weighted by Crippen LogP contribution is 2.31. The molecule has 1 aliphatic rings. The lowest BCUT2D eigenvalue weighted by Gasteiger charge is -2.44. The van der Waals surface area contributed by atoms with Gasteiger partial charge < -0.3 is 19.5 Å². The number of hydrogen-bond donors (Lipinski definition) is 1. The molecule has 0 amide bonds. The van der Waals surface area contributed by atoms with Crippen molar-refractivity contribution in [1.82, 2.24) is 0 Å². The molecule has 0 saturated heterocycles. The van der Waals surface area contributed by atoms with Gasteiger partial charge in [-0.2, -0.15) is 0 Å². The van der Waals surface area contributed by atoms with E-state index in [1.807, 2.05) is 19.9 Å². The Morgan fingerprint density at radius 1 is 1.25 bits per heavy atom. The first-order chi connectivity index (χ1) is 9.69. The topological polar surface area (TPSA) is 39.7 Å². The van der Waals surface area contributed by atoms with Crippen LogP contribution in [-0.4, -0.2) is 38.6 Å². The molecule has 0 aliphatic heterocycles. The van der Waals surface area contributed by atoms with Gasteiger partial charge in [0.2, 0.25) is 0 Å². The van der Waals surface area contributed by atoms with Crippen molar-refractivity contribution in [3.05, 3.63) is 23.8 Å². The summed E-state index contributed by atoms with van der Waals surface area (Å²) < 4.78 is 16.7. The van der Waals surface area contributed by atoms with Gasteiger partial charge in [0.1, 0.15) is 11.9 Å². The lowest BCUT2D eigenvalue weighted by molar-refractivity contribution is -0.118. The summed E-state index contributed by atoms with van der Waals surface area (Å²) in [6.07, 6.45) is 1.32. The highest BCUT2D eigenvalue weighted by atomic mass is 16.5. The Balaban J connectivity index is 1.97. The van der Waals surface area contributed by atoms with Gasteiger partial charge in [0.05, 0.1) is 18.8 Å². The van der Waals surface area contributed by atoms with Crippen molar-refractivity contribution in [2.24, 2.45) is 0 Å². The maximum absolute atomic E-state index is 5.65. The maximum atomic E-state index is 5.65. The fraction of sp³-hybridized carbons (Fsp3) is 0.625. The highest BCUT2D eigenvalue weighted by molar-refractivity contribution is 5.54. The lowest BCUT2D eigenvalue weighted by atomic mass is 9.85. The van der Waals surface area contributed by atoms with Gasteiger partial charge in [0.25, 0.3) is 0 Å². The van der Waals surface area contributed by atoms with E-state index in [9.17, 15) is 0 Å². The number of ether oxygens (including phenoxy) is 3. The van der Waals surface area contributed by atoms with Gasteiger partial charge >= 0.3 is 0 Å². The van der Waals surface area contributed by atoms with Crippen LogP contribution in [-0.2, 0) is 9.47 Å². The molecule has 3 unspecified atom stereocenters. The van der Waals surface area contributed by atoms with Crippen LogP contribution in [0.4, 0.5) is 5.69 Å². The number of aryl methyl sites for hydroxylation is 1. The van der Waals surface area contributed by atoms with Crippen molar-refractivity contribution < 1.29 is 14.2 Å². The van der Waals surface area contributed by atoms with Crippen LogP contribution in [0, 0.1) is 6.92 Å². The molecular formula is C16H25NO3. The Morgan fingerprint density at radius 2 is 2.05 bits per heavy atom. The molecule has 0 aromatic heterocycles. The maximum Gasteiger partial charge on any atom is 0.119 e. The van der Waals surface area contributed by atoms with E-state index in [0.717, 1.165) is 24.5 Å². The Hall–Kier alpha value is -1.26. The zero-order valence-electron chi connectivity index (χ0n) is 12.8. The van der Waals surface area contributed by atoms with E-state index in [0.29, 0.717) is 12.6 Å². The van der Waals surface area contributed by atoms with Crippen molar-refractivity contribution in [3.8, 4) is 5.75 Å². The minimum Gasteiger partial charge on any atom is -0.494 e. The van der Waals surface area contributed by atoms with Crippen LogP contribution in [0.2, 0.25) is 0 Å². The Labute approximate surface area is 121 Å². The molecular weight excluding hydrogens is 254 g/mol. The number of rotatable bonds is 7. The number of anilines is 1. The van der Waals surface area contributed by atoms with E-state index in [4.69, 9.17) is 14.2 Å². The van der Waals surface area contributed by atoms with E-state index in [1.165, 1.54) is 5.56 Å². The first-order valence-corrected chi connectivity index (χ1v) is 7.34. The van der Waals surface area contributed by atoms with Crippen molar-refractivity contribution >= 4 is 5.69 Å². The molecule has 0 heterocycles. The van der Waals surface area contributed by atoms with E-state index in [-0.39, 0.29) is 12.2 Å².